The SMILES string of the molecule is CCCCCCCCCCCCCCCCCC(=O)OC[C@H](COP(=O)(O)OC[C@@H](O)COP(=O)(O)OC[C@@H](COC(=O)CCCCCCCCCCCCCC)OC(=O)CCCCCCCCCCC(C)CC)OC(=O)CCCCCCCCCCCCCCCCCCCCC(C)CC. The standard InChI is InChI=1S/C82H160O17P2/c1-7-11-13-15-17-19-21-23-28-32-36-40-47-53-59-65-80(85)92-70-77(98-81(86)66-60-54-48-41-37-33-30-27-25-24-26-29-31-34-38-44-50-56-62-74(5)9-3)72-96-100(88,89)94-68-76(83)69-95-101(90,91)97-73-78(99-82(87)67-61-55-49-43-42-45-51-57-63-75(6)10-4)71-93-79(84)64-58-52-46-39-35-22-20-18-16-14-12-8-2/h74-78,83H,7-73H2,1-6H3,(H,88,89)(H,90,91)/t74?,75?,76-,77-,78-/m1/s1. The van der Waals surface area contributed by atoms with Crippen LogP contribution in [0, 0.1) is 11.8 Å². The number of ether oxygens (including phenoxy) is 4. The molecule has 600 valence electrons. The third kappa shape index (κ3) is 73.4. The molecule has 0 aromatic heterocycles. The van der Waals surface area contributed by atoms with Crippen molar-refractivity contribution in [3.8, 4) is 0 Å². The minimum Gasteiger partial charge on any atom is -0.462 e. The van der Waals surface area contributed by atoms with Gasteiger partial charge in [0.2, 0.25) is 0 Å². The third-order valence-electron chi connectivity index (χ3n) is 19.9. The molecule has 0 aliphatic rings. The maximum atomic E-state index is 13.1. The molecule has 0 saturated heterocycles. The first-order valence-electron chi connectivity index (χ1n) is 42.6. The molecule has 3 N–H and O–H groups in total. The van der Waals surface area contributed by atoms with E-state index in [0.29, 0.717) is 25.7 Å². The molecule has 0 aliphatic heterocycles. The maximum Gasteiger partial charge on any atom is 0.472 e. The van der Waals surface area contributed by atoms with Gasteiger partial charge >= 0.3 is 39.5 Å². The number of aliphatic hydroxyl groups excluding tert-OH is 1. The monoisotopic (exact) mass is 1480 g/mol. The summed E-state index contributed by atoms with van der Waals surface area (Å²) in [6, 6.07) is 0. The predicted octanol–water partition coefficient (Wildman–Crippen LogP) is 24.7. The van der Waals surface area contributed by atoms with Crippen molar-refractivity contribution in [3.05, 3.63) is 0 Å². The molecule has 0 aliphatic carbocycles. The van der Waals surface area contributed by atoms with E-state index in [0.717, 1.165) is 102 Å². The van der Waals surface area contributed by atoms with Crippen molar-refractivity contribution >= 4 is 39.5 Å². The highest BCUT2D eigenvalue weighted by atomic mass is 31.2. The van der Waals surface area contributed by atoms with Gasteiger partial charge in [0.05, 0.1) is 26.4 Å². The van der Waals surface area contributed by atoms with Gasteiger partial charge in [-0.15, -0.1) is 0 Å². The fourth-order valence-electron chi connectivity index (χ4n) is 12.6. The molecule has 0 fully saturated rings. The van der Waals surface area contributed by atoms with E-state index >= 15 is 0 Å². The van der Waals surface area contributed by atoms with Crippen LogP contribution in [0.1, 0.15) is 433 Å². The Bertz CT molecular complexity index is 1950. The number of phosphoric ester groups is 2. The molecule has 17 nitrogen and oxygen atoms in total. The summed E-state index contributed by atoms with van der Waals surface area (Å²) in [4.78, 5) is 73.0. The van der Waals surface area contributed by atoms with Gasteiger partial charge < -0.3 is 33.8 Å². The van der Waals surface area contributed by atoms with Crippen molar-refractivity contribution in [2.75, 3.05) is 39.6 Å². The molecule has 0 rings (SSSR count). The van der Waals surface area contributed by atoms with Gasteiger partial charge in [0.25, 0.3) is 0 Å². The maximum absolute atomic E-state index is 13.1. The second-order valence-electron chi connectivity index (χ2n) is 30.0. The first-order chi connectivity index (χ1) is 48.9. The van der Waals surface area contributed by atoms with Gasteiger partial charge in [0.1, 0.15) is 19.3 Å². The molecule has 0 aromatic rings. The van der Waals surface area contributed by atoms with Crippen LogP contribution in [0.15, 0.2) is 0 Å². The van der Waals surface area contributed by atoms with E-state index in [2.05, 4.69) is 41.5 Å². The number of aliphatic hydroxyl groups is 1. The van der Waals surface area contributed by atoms with Crippen molar-refractivity contribution in [3.63, 3.8) is 0 Å². The Morgan fingerprint density at radius 3 is 0.703 bits per heavy atom. The largest absolute Gasteiger partial charge is 0.472 e. The number of carbonyl (C=O) groups excluding carboxylic acids is 4. The van der Waals surface area contributed by atoms with Gasteiger partial charge in [0, 0.05) is 25.7 Å². The number of esters is 4. The second-order valence-corrected chi connectivity index (χ2v) is 32.9. The summed E-state index contributed by atoms with van der Waals surface area (Å²) in [5, 5.41) is 10.6. The van der Waals surface area contributed by atoms with E-state index in [4.69, 9.17) is 37.0 Å². The summed E-state index contributed by atoms with van der Waals surface area (Å²) in [5.74, 6) is -0.467. The fraction of sp³-hybridized carbons (Fsp3) is 0.951. The van der Waals surface area contributed by atoms with Crippen molar-refractivity contribution in [1.29, 1.82) is 0 Å². The summed E-state index contributed by atoms with van der Waals surface area (Å²) >= 11 is 0. The van der Waals surface area contributed by atoms with Gasteiger partial charge in [-0.2, -0.15) is 0 Å². The normalized spacial score (nSPS) is 14.4. The van der Waals surface area contributed by atoms with E-state index in [-0.39, 0.29) is 25.7 Å². The van der Waals surface area contributed by atoms with Crippen LogP contribution >= 0.6 is 15.6 Å². The Morgan fingerprint density at radius 1 is 0.277 bits per heavy atom. The minimum atomic E-state index is -4.96. The van der Waals surface area contributed by atoms with Crippen molar-refractivity contribution in [2.45, 2.75) is 452 Å². The molecule has 0 amide bonds. The summed E-state index contributed by atoms with van der Waals surface area (Å²) in [5.41, 5.74) is 0. The number of rotatable bonds is 81. The smallest absolute Gasteiger partial charge is 0.462 e. The topological polar surface area (TPSA) is 237 Å². The van der Waals surface area contributed by atoms with Gasteiger partial charge in [-0.1, -0.05) is 382 Å². The van der Waals surface area contributed by atoms with E-state index < -0.39 is 97.5 Å². The van der Waals surface area contributed by atoms with Crippen molar-refractivity contribution in [1.82, 2.24) is 0 Å². The van der Waals surface area contributed by atoms with E-state index in [9.17, 15) is 43.2 Å². The van der Waals surface area contributed by atoms with Crippen LogP contribution in [-0.2, 0) is 65.4 Å². The zero-order valence-electron chi connectivity index (χ0n) is 66.2. The lowest BCUT2D eigenvalue weighted by Gasteiger charge is -2.21. The highest BCUT2D eigenvalue weighted by Crippen LogP contribution is 2.45. The van der Waals surface area contributed by atoms with Crippen LogP contribution in [0.2, 0.25) is 0 Å². The molecular formula is C82H160O17P2. The van der Waals surface area contributed by atoms with Crippen LogP contribution in [0.25, 0.3) is 0 Å². The van der Waals surface area contributed by atoms with Crippen LogP contribution in [0.4, 0.5) is 0 Å². The highest BCUT2D eigenvalue weighted by molar-refractivity contribution is 7.47. The second kappa shape index (κ2) is 73.6. The Hall–Kier alpha value is -1.94. The van der Waals surface area contributed by atoms with Crippen LogP contribution < -0.4 is 0 Å². The molecule has 0 saturated carbocycles. The summed E-state index contributed by atoms with van der Waals surface area (Å²) < 4.78 is 68.7. The average Bonchev–Trinajstić information content (AvgIpc) is 0.942. The number of carbonyl (C=O) groups is 4. The molecule has 19 heteroatoms. The molecule has 0 heterocycles. The first kappa shape index (κ1) is 99.1. The molecule has 7 atom stereocenters. The lowest BCUT2D eigenvalue weighted by atomic mass is 9.99. The summed E-state index contributed by atoms with van der Waals surface area (Å²) in [6.07, 6.45) is 63.7. The van der Waals surface area contributed by atoms with Gasteiger partial charge in [0.15, 0.2) is 12.2 Å². The van der Waals surface area contributed by atoms with Gasteiger partial charge in [-0.3, -0.25) is 37.3 Å². The van der Waals surface area contributed by atoms with Crippen LogP contribution in [-0.4, -0.2) is 96.7 Å². The lowest BCUT2D eigenvalue weighted by Crippen LogP contribution is -2.30. The molecule has 0 aromatic carbocycles. The summed E-state index contributed by atoms with van der Waals surface area (Å²) in [6.45, 7) is 9.71. The zero-order chi connectivity index (χ0) is 74.2. The Morgan fingerprint density at radius 2 is 0.475 bits per heavy atom. The number of unbranched alkanes of at least 4 members (excludes halogenated alkanes) is 49. The molecule has 0 bridgehead atoms. The van der Waals surface area contributed by atoms with E-state index in [1.807, 2.05) is 0 Å². The van der Waals surface area contributed by atoms with Gasteiger partial charge in [-0.05, 0) is 37.5 Å². The van der Waals surface area contributed by atoms with Crippen LogP contribution in [0.5, 0.6) is 0 Å². The van der Waals surface area contributed by atoms with E-state index in [1.54, 1.807) is 0 Å². The number of hydrogen-bond donors (Lipinski definition) is 3. The van der Waals surface area contributed by atoms with Crippen LogP contribution in [0.3, 0.4) is 0 Å². The Balaban J connectivity index is 5.22. The highest BCUT2D eigenvalue weighted by Gasteiger charge is 2.30. The molecular weight excluding hydrogens is 1320 g/mol. The Labute approximate surface area is 619 Å². The molecule has 0 spiro atoms. The molecule has 101 heavy (non-hydrogen) atoms. The third-order valence-corrected chi connectivity index (χ3v) is 21.8. The zero-order valence-corrected chi connectivity index (χ0v) is 68.0. The minimum absolute atomic E-state index is 0.106. The van der Waals surface area contributed by atoms with E-state index in [1.165, 1.54) is 250 Å². The van der Waals surface area contributed by atoms with Gasteiger partial charge in [-0.25, -0.2) is 9.13 Å². The van der Waals surface area contributed by atoms with Crippen molar-refractivity contribution < 1.29 is 80.2 Å². The Kier molecular flexibility index (Phi) is 72.2. The fourth-order valence-corrected chi connectivity index (χ4v) is 14.2. The lowest BCUT2D eigenvalue weighted by molar-refractivity contribution is -0.161. The molecule has 0 radical (unpaired) electrons. The number of phosphoric acid groups is 2. The van der Waals surface area contributed by atoms with Crippen molar-refractivity contribution in [2.24, 2.45) is 11.8 Å². The quantitative estimate of drug-likeness (QED) is 0.0222. The summed E-state index contributed by atoms with van der Waals surface area (Å²) in [7, 11) is -9.92. The average molecular weight is 1480 g/mol. The predicted molar refractivity (Wildman–Crippen MR) is 414 cm³/mol. The molecule has 4 unspecified atom stereocenters. The first-order valence-corrected chi connectivity index (χ1v) is 45.6. The number of hydrogen-bond acceptors (Lipinski definition) is 15.